The van der Waals surface area contributed by atoms with Gasteiger partial charge < -0.3 is 20.6 Å². The number of rotatable bonds is 32. The third kappa shape index (κ3) is 27.7. The molecule has 0 saturated heterocycles. The second-order valence-electron chi connectivity index (χ2n) is 12.4. The lowest BCUT2D eigenvalue weighted by Crippen LogP contribution is -2.50. The molecule has 42 heavy (non-hydrogen) atoms. The molecule has 0 heterocycles. The molecule has 0 saturated carbocycles. The molecule has 3 unspecified atom stereocenters. The zero-order valence-corrected chi connectivity index (χ0v) is 27.9. The van der Waals surface area contributed by atoms with Crippen molar-refractivity contribution in [2.24, 2.45) is 0 Å². The van der Waals surface area contributed by atoms with E-state index in [9.17, 15) is 20.1 Å². The van der Waals surface area contributed by atoms with Crippen molar-refractivity contribution in [2.75, 3.05) is 6.61 Å². The Kier molecular flexibility index (Phi) is 31.8. The molecule has 0 rings (SSSR count). The summed E-state index contributed by atoms with van der Waals surface area (Å²) in [5.41, 5.74) is 0. The van der Waals surface area contributed by atoms with E-state index >= 15 is 0 Å². The predicted octanol–water partition coefficient (Wildman–Crippen LogP) is 9.48. The molecular formula is C37H71NO4. The van der Waals surface area contributed by atoms with E-state index in [2.05, 4.69) is 43.5 Å². The summed E-state index contributed by atoms with van der Waals surface area (Å²) in [6.45, 7) is 4.11. The largest absolute Gasteiger partial charge is 0.394 e. The van der Waals surface area contributed by atoms with Crippen LogP contribution in [0.25, 0.3) is 0 Å². The van der Waals surface area contributed by atoms with Crippen LogP contribution in [0.5, 0.6) is 0 Å². The van der Waals surface area contributed by atoms with Crippen LogP contribution in [-0.4, -0.2) is 46.1 Å². The summed E-state index contributed by atoms with van der Waals surface area (Å²) in [5, 5.41) is 33.2. The SMILES string of the molecule is CCCCCC/C=C/CCCC(O)C(O)C(CO)NC(=O)CCCCCCCCC/C=C\CCCCCCCCCC. The van der Waals surface area contributed by atoms with Gasteiger partial charge >= 0.3 is 0 Å². The van der Waals surface area contributed by atoms with Crippen molar-refractivity contribution >= 4 is 5.91 Å². The van der Waals surface area contributed by atoms with E-state index in [0.717, 1.165) is 38.5 Å². The Morgan fingerprint density at radius 3 is 1.40 bits per heavy atom. The van der Waals surface area contributed by atoms with Crippen molar-refractivity contribution in [1.29, 1.82) is 0 Å². The van der Waals surface area contributed by atoms with Crippen LogP contribution in [0.4, 0.5) is 0 Å². The van der Waals surface area contributed by atoms with Gasteiger partial charge in [-0.25, -0.2) is 0 Å². The predicted molar refractivity (Wildman–Crippen MR) is 181 cm³/mol. The Labute approximate surface area is 261 Å². The van der Waals surface area contributed by atoms with Crippen molar-refractivity contribution in [2.45, 2.75) is 199 Å². The van der Waals surface area contributed by atoms with Gasteiger partial charge in [-0.15, -0.1) is 0 Å². The number of hydrogen-bond acceptors (Lipinski definition) is 4. The highest BCUT2D eigenvalue weighted by molar-refractivity contribution is 5.76. The van der Waals surface area contributed by atoms with E-state index in [0.29, 0.717) is 12.8 Å². The molecular weight excluding hydrogens is 522 g/mol. The lowest BCUT2D eigenvalue weighted by Gasteiger charge is -2.26. The molecule has 0 aromatic heterocycles. The molecule has 0 aromatic carbocycles. The van der Waals surface area contributed by atoms with Gasteiger partial charge in [-0.3, -0.25) is 4.79 Å². The number of nitrogens with one attached hydrogen (secondary N) is 1. The second kappa shape index (κ2) is 32.7. The minimum Gasteiger partial charge on any atom is -0.394 e. The van der Waals surface area contributed by atoms with E-state index in [4.69, 9.17) is 0 Å². The van der Waals surface area contributed by atoms with Crippen LogP contribution in [0.15, 0.2) is 24.3 Å². The molecule has 0 spiro atoms. The van der Waals surface area contributed by atoms with Crippen molar-refractivity contribution in [3.05, 3.63) is 24.3 Å². The standard InChI is InChI=1S/C37H71NO4/c1-3-5-7-9-11-13-14-15-16-17-18-19-20-21-22-24-26-28-30-32-36(41)38-34(33-39)37(42)35(40)31-29-27-25-23-12-10-8-6-4-2/h17-18,23,25,34-35,37,39-40,42H,3-16,19-22,24,26-33H2,1-2H3,(H,38,41)/b18-17-,25-23+. The Hall–Kier alpha value is -1.17. The zero-order chi connectivity index (χ0) is 30.9. The summed E-state index contributed by atoms with van der Waals surface area (Å²) in [7, 11) is 0. The first-order valence-corrected chi connectivity index (χ1v) is 18.1. The maximum absolute atomic E-state index is 12.3. The number of allylic oxidation sites excluding steroid dienone is 4. The average molecular weight is 594 g/mol. The van der Waals surface area contributed by atoms with E-state index in [1.165, 1.54) is 116 Å². The zero-order valence-electron chi connectivity index (χ0n) is 27.9. The maximum atomic E-state index is 12.3. The Balaban J connectivity index is 3.68. The van der Waals surface area contributed by atoms with Crippen molar-refractivity contribution < 1.29 is 20.1 Å². The molecule has 0 fully saturated rings. The summed E-state index contributed by atoms with van der Waals surface area (Å²) >= 11 is 0. The van der Waals surface area contributed by atoms with Crippen LogP contribution in [0, 0.1) is 0 Å². The van der Waals surface area contributed by atoms with Gasteiger partial charge in [0.25, 0.3) is 0 Å². The van der Waals surface area contributed by atoms with E-state index < -0.39 is 18.2 Å². The van der Waals surface area contributed by atoms with Gasteiger partial charge in [0.15, 0.2) is 0 Å². The summed E-state index contributed by atoms with van der Waals surface area (Å²) in [4.78, 5) is 12.3. The van der Waals surface area contributed by atoms with Gasteiger partial charge in [-0.2, -0.15) is 0 Å². The first-order chi connectivity index (χ1) is 20.6. The van der Waals surface area contributed by atoms with Crippen LogP contribution in [0.2, 0.25) is 0 Å². The maximum Gasteiger partial charge on any atom is 0.220 e. The van der Waals surface area contributed by atoms with Crippen LogP contribution < -0.4 is 5.32 Å². The molecule has 0 aliphatic rings. The number of carbonyl (C=O) groups excluding carboxylic acids is 1. The Morgan fingerprint density at radius 2 is 0.952 bits per heavy atom. The van der Waals surface area contributed by atoms with E-state index in [-0.39, 0.29) is 12.5 Å². The first kappa shape index (κ1) is 40.8. The van der Waals surface area contributed by atoms with Gasteiger partial charge in [-0.05, 0) is 64.2 Å². The first-order valence-electron chi connectivity index (χ1n) is 18.1. The molecule has 0 bridgehead atoms. The summed E-state index contributed by atoms with van der Waals surface area (Å²) in [6, 6.07) is -0.823. The molecule has 0 aliphatic heterocycles. The number of hydrogen-bond donors (Lipinski definition) is 4. The number of unbranched alkanes of at least 4 members (excludes halogenated alkanes) is 20. The van der Waals surface area contributed by atoms with Gasteiger partial charge in [0, 0.05) is 6.42 Å². The number of carbonyl (C=O) groups is 1. The molecule has 3 atom stereocenters. The van der Waals surface area contributed by atoms with Crippen LogP contribution in [-0.2, 0) is 4.79 Å². The Morgan fingerprint density at radius 1 is 0.571 bits per heavy atom. The van der Waals surface area contributed by atoms with Gasteiger partial charge in [-0.1, -0.05) is 134 Å². The third-order valence-electron chi connectivity index (χ3n) is 8.28. The highest BCUT2D eigenvalue weighted by Crippen LogP contribution is 2.13. The molecule has 4 N–H and O–H groups in total. The molecule has 0 aliphatic carbocycles. The molecule has 5 heteroatoms. The van der Waals surface area contributed by atoms with Crippen LogP contribution in [0.1, 0.15) is 181 Å². The van der Waals surface area contributed by atoms with Crippen molar-refractivity contribution in [1.82, 2.24) is 5.32 Å². The molecule has 0 radical (unpaired) electrons. The van der Waals surface area contributed by atoms with E-state index in [1.54, 1.807) is 0 Å². The van der Waals surface area contributed by atoms with Gasteiger partial charge in [0.1, 0.15) is 6.10 Å². The van der Waals surface area contributed by atoms with Crippen LogP contribution in [0.3, 0.4) is 0 Å². The lowest BCUT2D eigenvalue weighted by atomic mass is 10.0. The van der Waals surface area contributed by atoms with Crippen molar-refractivity contribution in [3.63, 3.8) is 0 Å². The fourth-order valence-corrected chi connectivity index (χ4v) is 5.39. The number of amides is 1. The minimum absolute atomic E-state index is 0.162. The fourth-order valence-electron chi connectivity index (χ4n) is 5.39. The normalized spacial score (nSPS) is 14.1. The molecule has 248 valence electrons. The summed E-state index contributed by atoms with van der Waals surface area (Å²) < 4.78 is 0. The monoisotopic (exact) mass is 594 g/mol. The highest BCUT2D eigenvalue weighted by atomic mass is 16.3. The fraction of sp³-hybridized carbons (Fsp3) is 0.865. The second-order valence-corrected chi connectivity index (χ2v) is 12.4. The number of aliphatic hydroxyl groups is 3. The third-order valence-corrected chi connectivity index (χ3v) is 8.28. The molecule has 0 aromatic rings. The van der Waals surface area contributed by atoms with Gasteiger partial charge in [0.2, 0.25) is 5.91 Å². The Bertz CT molecular complexity index is 621. The summed E-state index contributed by atoms with van der Waals surface area (Å²) in [5.74, 6) is -0.162. The van der Waals surface area contributed by atoms with E-state index in [1.807, 2.05) is 0 Å². The smallest absolute Gasteiger partial charge is 0.220 e. The lowest BCUT2D eigenvalue weighted by molar-refractivity contribution is -0.124. The highest BCUT2D eigenvalue weighted by Gasteiger charge is 2.26. The summed E-state index contributed by atoms with van der Waals surface area (Å²) in [6.07, 6.45) is 37.1. The average Bonchev–Trinajstić information content (AvgIpc) is 2.99. The molecule has 1 amide bonds. The number of aliphatic hydroxyl groups excluding tert-OH is 3. The molecule has 5 nitrogen and oxygen atoms in total. The topological polar surface area (TPSA) is 89.8 Å². The van der Waals surface area contributed by atoms with Crippen LogP contribution >= 0.6 is 0 Å². The quantitative estimate of drug-likeness (QED) is 0.0462. The minimum atomic E-state index is -1.16. The van der Waals surface area contributed by atoms with Gasteiger partial charge in [0.05, 0.1) is 18.8 Å². The van der Waals surface area contributed by atoms with Crippen molar-refractivity contribution in [3.8, 4) is 0 Å².